The van der Waals surface area contributed by atoms with Gasteiger partial charge in [-0.25, -0.2) is 0 Å². The molecule has 2 aliphatic heterocycles. The fourth-order valence-corrected chi connectivity index (χ4v) is 2.74. The highest BCUT2D eigenvalue weighted by atomic mass is 16.5. The number of ether oxygens (including phenoxy) is 2. The molecule has 4 rings (SSSR count). The summed E-state index contributed by atoms with van der Waals surface area (Å²) in [6, 6.07) is 6.67. The van der Waals surface area contributed by atoms with Crippen LogP contribution in [-0.2, 0) is 17.7 Å². The number of nitrogens with zero attached hydrogens (tertiary/aromatic N) is 2. The molecule has 1 fully saturated rings. The number of rotatable bonds is 4. The first-order valence-electron chi connectivity index (χ1n) is 7.32. The largest absolute Gasteiger partial charge is 0.493 e. The predicted octanol–water partition coefficient (Wildman–Crippen LogP) is 2.47. The number of fused-ring (bicyclic) bond motifs is 1. The zero-order chi connectivity index (χ0) is 14.1. The smallest absolute Gasteiger partial charge is 0.315 e. The molecule has 0 amide bonds. The van der Waals surface area contributed by atoms with Gasteiger partial charge in [-0.2, -0.15) is 0 Å². The molecular formula is C15H17N3O3. The normalized spacial score (nSPS) is 20.3. The molecule has 1 atom stereocenters. The number of benzene rings is 1. The average Bonchev–Trinajstić information content (AvgIpc) is 3.24. The average molecular weight is 287 g/mol. The third-order valence-corrected chi connectivity index (χ3v) is 3.84. The molecule has 6 heteroatoms. The molecule has 110 valence electrons. The monoisotopic (exact) mass is 287 g/mol. The molecule has 6 nitrogen and oxygen atoms in total. The number of nitrogens with one attached hydrogen (secondary N) is 1. The van der Waals surface area contributed by atoms with Gasteiger partial charge in [0.1, 0.15) is 11.9 Å². The predicted molar refractivity (Wildman–Crippen MR) is 75.2 cm³/mol. The summed E-state index contributed by atoms with van der Waals surface area (Å²) in [4.78, 5) is 0. The van der Waals surface area contributed by atoms with Crippen LogP contribution in [0.2, 0.25) is 0 Å². The van der Waals surface area contributed by atoms with E-state index in [0.717, 1.165) is 38.2 Å². The molecule has 0 spiro atoms. The van der Waals surface area contributed by atoms with Gasteiger partial charge in [-0.1, -0.05) is 17.2 Å². The van der Waals surface area contributed by atoms with E-state index >= 15 is 0 Å². The van der Waals surface area contributed by atoms with Gasteiger partial charge in [0, 0.05) is 19.6 Å². The van der Waals surface area contributed by atoms with E-state index in [4.69, 9.17) is 13.9 Å². The SMILES string of the molecule is c1cc2c(cc1CNc1nnc([C@H]3CCCO3)o1)CCO2. The van der Waals surface area contributed by atoms with E-state index in [1.165, 1.54) is 11.1 Å². The molecule has 0 aliphatic carbocycles. The summed E-state index contributed by atoms with van der Waals surface area (Å²) < 4.78 is 16.6. The highest BCUT2D eigenvalue weighted by molar-refractivity contribution is 5.40. The maximum atomic E-state index is 5.60. The molecule has 1 aromatic carbocycles. The number of aromatic nitrogens is 2. The number of anilines is 1. The maximum absolute atomic E-state index is 5.60. The van der Waals surface area contributed by atoms with Crippen molar-refractivity contribution in [2.45, 2.75) is 31.9 Å². The van der Waals surface area contributed by atoms with Crippen LogP contribution in [0.5, 0.6) is 5.75 Å². The van der Waals surface area contributed by atoms with E-state index in [1.807, 2.05) is 6.07 Å². The minimum atomic E-state index is -0.0369. The van der Waals surface area contributed by atoms with Gasteiger partial charge in [0.05, 0.1) is 6.61 Å². The van der Waals surface area contributed by atoms with E-state index in [9.17, 15) is 0 Å². The third-order valence-electron chi connectivity index (χ3n) is 3.84. The van der Waals surface area contributed by atoms with E-state index in [0.29, 0.717) is 18.5 Å². The second-order valence-electron chi connectivity index (χ2n) is 5.34. The van der Waals surface area contributed by atoms with Crippen LogP contribution in [0.1, 0.15) is 36.0 Å². The number of hydrogen-bond donors (Lipinski definition) is 1. The Morgan fingerprint density at radius 2 is 2.24 bits per heavy atom. The summed E-state index contributed by atoms with van der Waals surface area (Å²) >= 11 is 0. The lowest BCUT2D eigenvalue weighted by Crippen LogP contribution is -2.00. The minimum absolute atomic E-state index is 0.0369. The Morgan fingerprint density at radius 1 is 1.24 bits per heavy atom. The third kappa shape index (κ3) is 2.58. The van der Waals surface area contributed by atoms with Crippen molar-refractivity contribution in [3.05, 3.63) is 35.2 Å². The molecule has 0 radical (unpaired) electrons. The fraction of sp³-hybridized carbons (Fsp3) is 0.467. The van der Waals surface area contributed by atoms with Crippen LogP contribution in [0, 0.1) is 0 Å². The quantitative estimate of drug-likeness (QED) is 0.931. The molecule has 1 saturated heterocycles. The highest BCUT2D eigenvalue weighted by Crippen LogP contribution is 2.29. The molecule has 1 N–H and O–H groups in total. The maximum Gasteiger partial charge on any atom is 0.315 e. The van der Waals surface area contributed by atoms with Crippen LogP contribution in [0.15, 0.2) is 22.6 Å². The van der Waals surface area contributed by atoms with Crippen LogP contribution in [0.4, 0.5) is 6.01 Å². The molecule has 0 bridgehead atoms. The first-order chi connectivity index (χ1) is 10.4. The van der Waals surface area contributed by atoms with E-state index in [2.05, 4.69) is 27.6 Å². The van der Waals surface area contributed by atoms with Crippen LogP contribution >= 0.6 is 0 Å². The molecule has 2 aromatic rings. The topological polar surface area (TPSA) is 69.4 Å². The summed E-state index contributed by atoms with van der Waals surface area (Å²) in [5.74, 6) is 1.56. The Morgan fingerprint density at radius 3 is 3.14 bits per heavy atom. The summed E-state index contributed by atoms with van der Waals surface area (Å²) in [6.45, 7) is 2.20. The second kappa shape index (κ2) is 5.37. The molecular weight excluding hydrogens is 270 g/mol. The van der Waals surface area contributed by atoms with Crippen LogP contribution in [0.25, 0.3) is 0 Å². The van der Waals surface area contributed by atoms with Crippen molar-refractivity contribution < 1.29 is 13.9 Å². The molecule has 21 heavy (non-hydrogen) atoms. The van der Waals surface area contributed by atoms with Crippen molar-refractivity contribution >= 4 is 6.01 Å². The van der Waals surface area contributed by atoms with Gasteiger partial charge in [0.2, 0.25) is 5.89 Å². The van der Waals surface area contributed by atoms with E-state index in [1.54, 1.807) is 0 Å². The molecule has 0 saturated carbocycles. The summed E-state index contributed by atoms with van der Waals surface area (Å²) in [7, 11) is 0. The van der Waals surface area contributed by atoms with Gasteiger partial charge in [-0.3, -0.25) is 0 Å². The Balaban J connectivity index is 1.40. The lowest BCUT2D eigenvalue weighted by molar-refractivity contribution is 0.0897. The van der Waals surface area contributed by atoms with Crippen LogP contribution in [0.3, 0.4) is 0 Å². The van der Waals surface area contributed by atoms with E-state index < -0.39 is 0 Å². The van der Waals surface area contributed by atoms with Gasteiger partial charge in [0.25, 0.3) is 0 Å². The first kappa shape index (κ1) is 12.6. The molecule has 3 heterocycles. The van der Waals surface area contributed by atoms with Gasteiger partial charge >= 0.3 is 6.01 Å². The van der Waals surface area contributed by atoms with Crippen molar-refractivity contribution in [1.29, 1.82) is 0 Å². The summed E-state index contributed by atoms with van der Waals surface area (Å²) in [5.41, 5.74) is 2.44. The van der Waals surface area contributed by atoms with Gasteiger partial charge in [-0.05, 0) is 30.0 Å². The Hall–Kier alpha value is -2.08. The Labute approximate surface area is 122 Å². The zero-order valence-corrected chi connectivity index (χ0v) is 11.7. The van der Waals surface area contributed by atoms with Crippen LogP contribution in [-0.4, -0.2) is 23.4 Å². The second-order valence-corrected chi connectivity index (χ2v) is 5.34. The molecule has 1 aromatic heterocycles. The summed E-state index contributed by atoms with van der Waals surface area (Å²) in [6.07, 6.45) is 2.94. The van der Waals surface area contributed by atoms with Crippen molar-refractivity contribution in [2.75, 3.05) is 18.5 Å². The lowest BCUT2D eigenvalue weighted by atomic mass is 10.1. The standard InChI is InChI=1S/C15H17N3O3/c1-2-13(19-6-1)14-17-18-15(21-14)16-9-10-3-4-12-11(8-10)5-7-20-12/h3-4,8,13H,1-2,5-7,9H2,(H,16,18)/t13-/m1/s1. The van der Waals surface area contributed by atoms with Gasteiger partial charge in [0.15, 0.2) is 0 Å². The fourth-order valence-electron chi connectivity index (χ4n) is 2.74. The minimum Gasteiger partial charge on any atom is -0.493 e. The number of hydrogen-bond acceptors (Lipinski definition) is 6. The van der Waals surface area contributed by atoms with Crippen LogP contribution < -0.4 is 10.1 Å². The summed E-state index contributed by atoms with van der Waals surface area (Å²) in [5, 5.41) is 11.2. The van der Waals surface area contributed by atoms with Crippen molar-refractivity contribution in [3.63, 3.8) is 0 Å². The molecule has 2 aliphatic rings. The highest BCUT2D eigenvalue weighted by Gasteiger charge is 2.23. The van der Waals surface area contributed by atoms with Crippen molar-refractivity contribution in [3.8, 4) is 5.75 Å². The van der Waals surface area contributed by atoms with Crippen molar-refractivity contribution in [1.82, 2.24) is 10.2 Å². The Bertz CT molecular complexity index is 635. The zero-order valence-electron chi connectivity index (χ0n) is 11.7. The van der Waals surface area contributed by atoms with Gasteiger partial charge in [-0.15, -0.1) is 5.10 Å². The van der Waals surface area contributed by atoms with Gasteiger partial charge < -0.3 is 19.2 Å². The Kier molecular flexibility index (Phi) is 3.23. The lowest BCUT2D eigenvalue weighted by Gasteiger charge is -2.05. The van der Waals surface area contributed by atoms with E-state index in [-0.39, 0.29) is 6.10 Å². The first-order valence-corrected chi connectivity index (χ1v) is 7.32. The molecule has 0 unspecified atom stereocenters. The van der Waals surface area contributed by atoms with Crippen molar-refractivity contribution in [2.24, 2.45) is 0 Å².